The zero-order chi connectivity index (χ0) is 15.1. The van der Waals surface area contributed by atoms with Gasteiger partial charge in [-0.05, 0) is 19.3 Å². The Bertz CT molecular complexity index is 404. The van der Waals surface area contributed by atoms with Crippen molar-refractivity contribution in [2.75, 3.05) is 20.7 Å². The van der Waals surface area contributed by atoms with E-state index in [1.807, 2.05) is 6.08 Å². The number of rotatable bonds is 6. The molecule has 2 atom stereocenters. The third-order valence-corrected chi connectivity index (χ3v) is 3.55. The van der Waals surface area contributed by atoms with Crippen LogP contribution in [0.3, 0.4) is 0 Å². The molecule has 1 rings (SSSR count). The molecule has 0 aromatic carbocycles. The minimum atomic E-state index is -0.935. The van der Waals surface area contributed by atoms with Crippen LogP contribution >= 0.6 is 0 Å². The number of esters is 1. The van der Waals surface area contributed by atoms with Crippen molar-refractivity contribution in [2.45, 2.75) is 25.7 Å². The van der Waals surface area contributed by atoms with Gasteiger partial charge in [-0.25, -0.2) is 0 Å². The van der Waals surface area contributed by atoms with E-state index in [9.17, 15) is 14.4 Å². The Labute approximate surface area is 118 Å². The second kappa shape index (κ2) is 7.67. The highest BCUT2D eigenvalue weighted by Gasteiger charge is 2.35. The van der Waals surface area contributed by atoms with E-state index in [0.717, 1.165) is 0 Å². The van der Waals surface area contributed by atoms with Gasteiger partial charge in [0, 0.05) is 20.0 Å². The summed E-state index contributed by atoms with van der Waals surface area (Å²) in [6, 6.07) is 0. The molecule has 1 aliphatic carbocycles. The number of ether oxygens (including phenoxy) is 1. The molecule has 0 saturated heterocycles. The van der Waals surface area contributed by atoms with E-state index in [1.165, 1.54) is 12.0 Å². The molecule has 6 heteroatoms. The molecule has 0 bridgehead atoms. The molecular weight excluding hydrogens is 262 g/mol. The number of methoxy groups -OCH3 is 1. The quantitative estimate of drug-likeness (QED) is 0.582. The van der Waals surface area contributed by atoms with Gasteiger partial charge in [0.1, 0.15) is 0 Å². The number of aliphatic carboxylic acids is 1. The number of carbonyl (C=O) groups excluding carboxylic acids is 2. The van der Waals surface area contributed by atoms with E-state index in [-0.39, 0.29) is 18.3 Å². The Hall–Kier alpha value is -1.85. The molecular formula is C14H21NO5. The molecule has 0 spiro atoms. The molecule has 1 aliphatic rings. The van der Waals surface area contributed by atoms with Crippen molar-refractivity contribution in [3.05, 3.63) is 12.2 Å². The maximum atomic E-state index is 12.3. The van der Waals surface area contributed by atoms with Gasteiger partial charge in [0.2, 0.25) is 5.91 Å². The molecule has 0 fully saturated rings. The summed E-state index contributed by atoms with van der Waals surface area (Å²) in [6.07, 6.45) is 5.26. The molecule has 0 radical (unpaired) electrons. The van der Waals surface area contributed by atoms with Gasteiger partial charge in [-0.3, -0.25) is 14.4 Å². The van der Waals surface area contributed by atoms with Crippen LogP contribution in [-0.4, -0.2) is 48.6 Å². The fraction of sp³-hybridized carbons (Fsp3) is 0.643. The highest BCUT2D eigenvalue weighted by Crippen LogP contribution is 2.27. The molecule has 0 aromatic rings. The summed E-state index contributed by atoms with van der Waals surface area (Å²) in [7, 11) is 2.96. The summed E-state index contributed by atoms with van der Waals surface area (Å²) >= 11 is 0. The van der Waals surface area contributed by atoms with Crippen molar-refractivity contribution in [1.82, 2.24) is 4.90 Å². The predicted molar refractivity (Wildman–Crippen MR) is 71.9 cm³/mol. The smallest absolute Gasteiger partial charge is 0.307 e. The first-order chi connectivity index (χ1) is 9.47. The van der Waals surface area contributed by atoms with Crippen molar-refractivity contribution in [3.63, 3.8) is 0 Å². The topological polar surface area (TPSA) is 83.9 Å². The predicted octanol–water partition coefficient (Wildman–Crippen LogP) is 1.06. The summed E-state index contributed by atoms with van der Waals surface area (Å²) in [4.78, 5) is 35.9. The summed E-state index contributed by atoms with van der Waals surface area (Å²) in [6.45, 7) is 0.417. The Morgan fingerprint density at radius 3 is 2.40 bits per heavy atom. The zero-order valence-corrected chi connectivity index (χ0v) is 11.9. The Kier molecular flexibility index (Phi) is 6.21. The van der Waals surface area contributed by atoms with Gasteiger partial charge in [-0.15, -0.1) is 0 Å². The van der Waals surface area contributed by atoms with Crippen molar-refractivity contribution in [1.29, 1.82) is 0 Å². The van der Waals surface area contributed by atoms with Crippen LogP contribution in [0.5, 0.6) is 0 Å². The third kappa shape index (κ3) is 4.36. The lowest BCUT2D eigenvalue weighted by molar-refractivity contribution is -0.150. The Morgan fingerprint density at radius 1 is 1.25 bits per heavy atom. The number of hydrogen-bond donors (Lipinski definition) is 1. The molecule has 112 valence electrons. The van der Waals surface area contributed by atoms with E-state index in [2.05, 4.69) is 4.74 Å². The lowest BCUT2D eigenvalue weighted by Crippen LogP contribution is -2.40. The van der Waals surface area contributed by atoms with Crippen molar-refractivity contribution in [3.8, 4) is 0 Å². The monoisotopic (exact) mass is 283 g/mol. The van der Waals surface area contributed by atoms with Crippen LogP contribution in [-0.2, 0) is 19.1 Å². The number of hydrogen-bond acceptors (Lipinski definition) is 4. The highest BCUT2D eigenvalue weighted by molar-refractivity contribution is 5.85. The van der Waals surface area contributed by atoms with Gasteiger partial charge in [0.25, 0.3) is 0 Å². The Morgan fingerprint density at radius 2 is 1.85 bits per heavy atom. The number of carbonyl (C=O) groups is 3. The number of carboxylic acids is 1. The fourth-order valence-electron chi connectivity index (χ4n) is 2.32. The zero-order valence-electron chi connectivity index (χ0n) is 11.9. The molecule has 6 nitrogen and oxygen atoms in total. The van der Waals surface area contributed by atoms with Crippen LogP contribution in [0.4, 0.5) is 0 Å². The first-order valence-electron chi connectivity index (χ1n) is 6.67. The van der Waals surface area contributed by atoms with Gasteiger partial charge in [0.05, 0.1) is 18.9 Å². The second-order valence-corrected chi connectivity index (χ2v) is 4.93. The van der Waals surface area contributed by atoms with E-state index in [0.29, 0.717) is 25.8 Å². The summed E-state index contributed by atoms with van der Waals surface area (Å²) < 4.78 is 4.53. The lowest BCUT2D eigenvalue weighted by Gasteiger charge is -2.28. The fourth-order valence-corrected chi connectivity index (χ4v) is 2.32. The molecule has 0 unspecified atom stereocenters. The molecule has 0 aliphatic heterocycles. The maximum Gasteiger partial charge on any atom is 0.307 e. The standard InChI is InChI=1S/C14H21NO5/c1-15(9-5-8-12(16)20-2)13(17)10-6-3-4-7-11(10)14(18)19/h3-4,10-11H,5-9H2,1-2H3,(H,18,19)/t10-,11+/m1/s1. The first kappa shape index (κ1) is 16.2. The van der Waals surface area contributed by atoms with Crippen LogP contribution in [0.1, 0.15) is 25.7 Å². The van der Waals surface area contributed by atoms with Gasteiger partial charge in [-0.1, -0.05) is 12.2 Å². The van der Waals surface area contributed by atoms with Crippen molar-refractivity contribution >= 4 is 17.8 Å². The van der Waals surface area contributed by atoms with E-state index >= 15 is 0 Å². The Balaban J connectivity index is 2.52. The molecule has 1 amide bonds. The SMILES string of the molecule is COC(=O)CCCN(C)C(=O)[C@@H]1CC=CC[C@@H]1C(=O)O. The summed E-state index contributed by atoms with van der Waals surface area (Å²) in [5.74, 6) is -2.59. The minimum absolute atomic E-state index is 0.174. The van der Waals surface area contributed by atoms with Crippen LogP contribution in [0.15, 0.2) is 12.2 Å². The molecule has 0 saturated carbocycles. The number of allylic oxidation sites excluding steroid dienone is 2. The normalized spacial score (nSPS) is 21.3. The third-order valence-electron chi connectivity index (χ3n) is 3.55. The number of amides is 1. The second-order valence-electron chi connectivity index (χ2n) is 4.93. The molecule has 1 N–H and O–H groups in total. The number of carboxylic acid groups (broad SMARTS) is 1. The summed E-state index contributed by atoms with van der Waals surface area (Å²) in [5.41, 5.74) is 0. The molecule has 0 heterocycles. The van der Waals surface area contributed by atoms with Crippen molar-refractivity contribution < 1.29 is 24.2 Å². The van der Waals surface area contributed by atoms with Crippen LogP contribution < -0.4 is 0 Å². The number of nitrogens with zero attached hydrogens (tertiary/aromatic N) is 1. The van der Waals surface area contributed by atoms with Gasteiger partial charge in [0.15, 0.2) is 0 Å². The van der Waals surface area contributed by atoms with Crippen molar-refractivity contribution in [2.24, 2.45) is 11.8 Å². The minimum Gasteiger partial charge on any atom is -0.481 e. The molecule has 20 heavy (non-hydrogen) atoms. The largest absolute Gasteiger partial charge is 0.481 e. The van der Waals surface area contributed by atoms with E-state index < -0.39 is 17.8 Å². The van der Waals surface area contributed by atoms with E-state index in [1.54, 1.807) is 13.1 Å². The average Bonchev–Trinajstić information content (AvgIpc) is 2.45. The summed E-state index contributed by atoms with van der Waals surface area (Å²) in [5, 5.41) is 9.15. The maximum absolute atomic E-state index is 12.3. The molecule has 0 aromatic heterocycles. The van der Waals surface area contributed by atoms with E-state index in [4.69, 9.17) is 5.11 Å². The van der Waals surface area contributed by atoms with Gasteiger partial charge < -0.3 is 14.7 Å². The van der Waals surface area contributed by atoms with Crippen LogP contribution in [0.25, 0.3) is 0 Å². The van der Waals surface area contributed by atoms with Crippen LogP contribution in [0.2, 0.25) is 0 Å². The van der Waals surface area contributed by atoms with Crippen LogP contribution in [0, 0.1) is 11.8 Å². The van der Waals surface area contributed by atoms with Gasteiger partial charge >= 0.3 is 11.9 Å². The highest BCUT2D eigenvalue weighted by atomic mass is 16.5. The lowest BCUT2D eigenvalue weighted by atomic mass is 9.82. The first-order valence-corrected chi connectivity index (χ1v) is 6.67. The average molecular weight is 283 g/mol. The van der Waals surface area contributed by atoms with Gasteiger partial charge in [-0.2, -0.15) is 0 Å².